The van der Waals surface area contributed by atoms with Gasteiger partial charge in [0.25, 0.3) is 5.91 Å². The maximum Gasteiger partial charge on any atom is 0.276 e. The molecule has 0 radical (unpaired) electrons. The van der Waals surface area contributed by atoms with Crippen LogP contribution in [0.5, 0.6) is 0 Å². The van der Waals surface area contributed by atoms with Crippen molar-refractivity contribution in [2.75, 3.05) is 11.1 Å². The van der Waals surface area contributed by atoms with E-state index in [0.29, 0.717) is 22.1 Å². The maximum absolute atomic E-state index is 12.1. The molecule has 0 aliphatic heterocycles. The normalized spacial score (nSPS) is 10.4. The highest BCUT2D eigenvalue weighted by molar-refractivity contribution is 6.34. The van der Waals surface area contributed by atoms with Gasteiger partial charge in [-0.1, -0.05) is 23.7 Å². The van der Waals surface area contributed by atoms with Gasteiger partial charge in [-0.3, -0.25) is 9.48 Å². The Hall–Kier alpha value is -2.01. The first kappa shape index (κ1) is 12.4. The van der Waals surface area contributed by atoms with Crippen molar-refractivity contribution in [3.05, 3.63) is 40.7 Å². The second-order valence-electron chi connectivity index (χ2n) is 3.96. The van der Waals surface area contributed by atoms with Crippen LogP contribution in [-0.2, 0) is 7.05 Å². The molecule has 0 saturated carbocycles. The molecular weight excluding hydrogens is 252 g/mol. The van der Waals surface area contributed by atoms with E-state index in [0.717, 1.165) is 5.56 Å². The van der Waals surface area contributed by atoms with Crippen LogP contribution in [0.1, 0.15) is 16.1 Å². The number of anilines is 2. The van der Waals surface area contributed by atoms with E-state index in [-0.39, 0.29) is 5.91 Å². The van der Waals surface area contributed by atoms with Gasteiger partial charge in [0, 0.05) is 7.05 Å². The van der Waals surface area contributed by atoms with Crippen molar-refractivity contribution < 1.29 is 4.79 Å². The summed E-state index contributed by atoms with van der Waals surface area (Å²) in [5.41, 5.74) is 7.78. The van der Waals surface area contributed by atoms with Crippen molar-refractivity contribution in [1.82, 2.24) is 9.78 Å². The molecule has 1 heterocycles. The number of nitrogen functional groups attached to an aromatic ring is 1. The summed E-state index contributed by atoms with van der Waals surface area (Å²) in [4.78, 5) is 12.1. The molecule has 1 aromatic carbocycles. The van der Waals surface area contributed by atoms with Crippen LogP contribution in [0.4, 0.5) is 11.4 Å². The van der Waals surface area contributed by atoms with E-state index < -0.39 is 0 Å². The van der Waals surface area contributed by atoms with Crippen molar-refractivity contribution in [2.45, 2.75) is 6.92 Å². The molecule has 0 fully saturated rings. The second-order valence-corrected chi connectivity index (χ2v) is 4.34. The number of hydrogen-bond acceptors (Lipinski definition) is 3. The largest absolute Gasteiger partial charge is 0.396 e. The number of nitrogens with zero attached hydrogens (tertiary/aromatic N) is 2. The molecule has 18 heavy (non-hydrogen) atoms. The van der Waals surface area contributed by atoms with E-state index in [1.54, 1.807) is 13.1 Å². The van der Waals surface area contributed by atoms with E-state index in [1.165, 1.54) is 10.9 Å². The number of carbonyl (C=O) groups excluding carboxylic acids is 1. The lowest BCUT2D eigenvalue weighted by Crippen LogP contribution is -2.18. The average molecular weight is 265 g/mol. The van der Waals surface area contributed by atoms with Crippen LogP contribution < -0.4 is 11.1 Å². The van der Waals surface area contributed by atoms with Gasteiger partial charge in [0.05, 0.1) is 22.6 Å². The number of halogens is 1. The van der Waals surface area contributed by atoms with E-state index in [2.05, 4.69) is 10.4 Å². The third kappa shape index (κ3) is 2.17. The number of hydrogen-bond donors (Lipinski definition) is 2. The van der Waals surface area contributed by atoms with Crippen LogP contribution in [0.2, 0.25) is 5.02 Å². The maximum atomic E-state index is 12.1. The smallest absolute Gasteiger partial charge is 0.276 e. The fraction of sp³-hybridized carbons (Fsp3) is 0.167. The molecule has 94 valence electrons. The van der Waals surface area contributed by atoms with Gasteiger partial charge in [0.15, 0.2) is 0 Å². The quantitative estimate of drug-likeness (QED) is 0.873. The Morgan fingerprint density at radius 3 is 2.83 bits per heavy atom. The van der Waals surface area contributed by atoms with Crippen LogP contribution in [-0.4, -0.2) is 15.7 Å². The standard InChI is InChI=1S/C12H13ClN4O/c1-7-4-3-5-9(10(7)13)16-12(18)11-8(14)6-15-17(11)2/h3-6H,14H2,1-2H3,(H,16,18). The number of aromatic nitrogens is 2. The molecule has 5 nitrogen and oxygen atoms in total. The summed E-state index contributed by atoms with van der Waals surface area (Å²) in [6.07, 6.45) is 1.44. The fourth-order valence-electron chi connectivity index (χ4n) is 1.66. The summed E-state index contributed by atoms with van der Waals surface area (Å²) in [5.74, 6) is -0.333. The molecule has 6 heteroatoms. The minimum atomic E-state index is -0.333. The number of amides is 1. The van der Waals surface area contributed by atoms with Crippen LogP contribution in [0.3, 0.4) is 0 Å². The highest BCUT2D eigenvalue weighted by atomic mass is 35.5. The Balaban J connectivity index is 2.30. The molecule has 2 rings (SSSR count). The zero-order chi connectivity index (χ0) is 13.3. The van der Waals surface area contributed by atoms with Gasteiger partial charge in [0.1, 0.15) is 5.69 Å². The molecule has 0 atom stereocenters. The zero-order valence-electron chi connectivity index (χ0n) is 10.1. The van der Waals surface area contributed by atoms with Crippen molar-refractivity contribution in [3.63, 3.8) is 0 Å². The van der Waals surface area contributed by atoms with E-state index >= 15 is 0 Å². The molecule has 2 aromatic rings. The Labute approximate surface area is 110 Å². The molecule has 0 aliphatic carbocycles. The summed E-state index contributed by atoms with van der Waals surface area (Å²) in [5, 5.41) is 7.16. The number of carbonyl (C=O) groups is 1. The minimum Gasteiger partial charge on any atom is -0.396 e. The van der Waals surface area contributed by atoms with Crippen molar-refractivity contribution >= 4 is 28.9 Å². The topological polar surface area (TPSA) is 72.9 Å². The molecule has 0 aliphatic rings. The lowest BCUT2D eigenvalue weighted by Gasteiger charge is -2.09. The predicted molar refractivity (Wildman–Crippen MR) is 71.8 cm³/mol. The number of nitrogens with one attached hydrogen (secondary N) is 1. The molecule has 0 spiro atoms. The molecule has 0 unspecified atom stereocenters. The Kier molecular flexibility index (Phi) is 3.25. The number of nitrogens with two attached hydrogens (primary N) is 1. The lowest BCUT2D eigenvalue weighted by atomic mass is 10.2. The van der Waals surface area contributed by atoms with Crippen LogP contribution >= 0.6 is 11.6 Å². The van der Waals surface area contributed by atoms with Crippen LogP contribution in [0, 0.1) is 6.92 Å². The summed E-state index contributed by atoms with van der Waals surface area (Å²) < 4.78 is 1.42. The predicted octanol–water partition coefficient (Wildman–Crippen LogP) is 2.22. The third-order valence-electron chi connectivity index (χ3n) is 2.62. The highest BCUT2D eigenvalue weighted by Crippen LogP contribution is 2.25. The van der Waals surface area contributed by atoms with Crippen molar-refractivity contribution in [2.24, 2.45) is 7.05 Å². The molecule has 0 bridgehead atoms. The summed E-state index contributed by atoms with van der Waals surface area (Å²) >= 11 is 6.11. The van der Waals surface area contributed by atoms with Gasteiger partial charge in [0.2, 0.25) is 0 Å². The van der Waals surface area contributed by atoms with Gasteiger partial charge in [-0.05, 0) is 18.6 Å². The fourth-order valence-corrected chi connectivity index (χ4v) is 1.83. The Morgan fingerprint density at radius 1 is 1.50 bits per heavy atom. The second kappa shape index (κ2) is 4.70. The van der Waals surface area contributed by atoms with Gasteiger partial charge in [-0.2, -0.15) is 5.10 Å². The summed E-state index contributed by atoms with van der Waals surface area (Å²) in [6.45, 7) is 1.87. The number of aryl methyl sites for hydroxylation is 2. The van der Waals surface area contributed by atoms with Crippen LogP contribution in [0.15, 0.2) is 24.4 Å². The first-order valence-electron chi connectivity index (χ1n) is 5.34. The third-order valence-corrected chi connectivity index (χ3v) is 3.12. The SMILES string of the molecule is Cc1cccc(NC(=O)c2c(N)cnn2C)c1Cl. The minimum absolute atomic E-state index is 0.313. The van der Waals surface area contributed by atoms with E-state index in [9.17, 15) is 4.79 Å². The first-order valence-corrected chi connectivity index (χ1v) is 5.72. The van der Waals surface area contributed by atoms with Gasteiger partial charge < -0.3 is 11.1 Å². The molecular formula is C12H13ClN4O. The first-order chi connectivity index (χ1) is 8.50. The molecule has 3 N–H and O–H groups in total. The highest BCUT2D eigenvalue weighted by Gasteiger charge is 2.16. The monoisotopic (exact) mass is 264 g/mol. The molecule has 1 amide bonds. The van der Waals surface area contributed by atoms with Gasteiger partial charge in [-0.25, -0.2) is 0 Å². The Morgan fingerprint density at radius 2 is 2.22 bits per heavy atom. The van der Waals surface area contributed by atoms with Gasteiger partial charge >= 0.3 is 0 Å². The summed E-state index contributed by atoms with van der Waals surface area (Å²) in [6, 6.07) is 5.43. The van der Waals surface area contributed by atoms with Crippen LogP contribution in [0.25, 0.3) is 0 Å². The zero-order valence-corrected chi connectivity index (χ0v) is 10.8. The van der Waals surface area contributed by atoms with E-state index in [4.69, 9.17) is 17.3 Å². The van der Waals surface area contributed by atoms with Crippen molar-refractivity contribution in [3.8, 4) is 0 Å². The molecule has 0 saturated heterocycles. The van der Waals surface area contributed by atoms with E-state index in [1.807, 2.05) is 19.1 Å². The molecule has 1 aromatic heterocycles. The Bertz CT molecular complexity index is 587. The average Bonchev–Trinajstić information content (AvgIpc) is 2.65. The summed E-state index contributed by atoms with van der Waals surface area (Å²) in [7, 11) is 1.66. The van der Waals surface area contributed by atoms with Crippen molar-refractivity contribution in [1.29, 1.82) is 0 Å². The number of rotatable bonds is 2. The van der Waals surface area contributed by atoms with Gasteiger partial charge in [-0.15, -0.1) is 0 Å². The number of benzene rings is 1. The lowest BCUT2D eigenvalue weighted by molar-refractivity contribution is 0.101.